The molecule has 1 unspecified atom stereocenters. The molecule has 0 saturated carbocycles. The summed E-state index contributed by atoms with van der Waals surface area (Å²) in [6.07, 6.45) is -0.255. The molecule has 0 bridgehead atoms. The number of carboxylic acid groups (broad SMARTS) is 1. The van der Waals surface area contributed by atoms with Gasteiger partial charge in [-0.25, -0.2) is 0 Å². The first-order valence-corrected chi connectivity index (χ1v) is 5.84. The SMILES string of the molecule is Cc1c(Cl)ccc2c1NC(CC(=O)O)C(=O)N2C. The van der Waals surface area contributed by atoms with Crippen molar-refractivity contribution in [3.05, 3.63) is 22.7 Å². The number of amides is 1. The van der Waals surface area contributed by atoms with Crippen LogP contribution in [0.15, 0.2) is 12.1 Å². The van der Waals surface area contributed by atoms with E-state index in [1.165, 1.54) is 4.90 Å². The number of rotatable bonds is 2. The minimum Gasteiger partial charge on any atom is -0.481 e. The van der Waals surface area contributed by atoms with Crippen LogP contribution in [0.25, 0.3) is 0 Å². The van der Waals surface area contributed by atoms with Crippen LogP contribution in [0.2, 0.25) is 5.02 Å². The molecule has 1 aromatic rings. The van der Waals surface area contributed by atoms with E-state index in [0.717, 1.165) is 11.3 Å². The molecule has 5 nitrogen and oxygen atoms in total. The molecule has 96 valence electrons. The van der Waals surface area contributed by atoms with Crippen molar-refractivity contribution in [3.8, 4) is 0 Å². The number of anilines is 2. The second kappa shape index (κ2) is 4.49. The highest BCUT2D eigenvalue weighted by molar-refractivity contribution is 6.32. The van der Waals surface area contributed by atoms with E-state index < -0.39 is 12.0 Å². The number of nitrogens with one attached hydrogen (secondary N) is 1. The van der Waals surface area contributed by atoms with Gasteiger partial charge in [0.2, 0.25) is 5.91 Å². The number of likely N-dealkylation sites (N-methyl/N-ethyl adjacent to an activating group) is 1. The van der Waals surface area contributed by atoms with Crippen LogP contribution < -0.4 is 10.2 Å². The molecule has 0 radical (unpaired) electrons. The first-order chi connectivity index (χ1) is 8.41. The molecule has 0 fully saturated rings. The fourth-order valence-electron chi connectivity index (χ4n) is 2.04. The number of hydrogen-bond acceptors (Lipinski definition) is 3. The van der Waals surface area contributed by atoms with Crippen molar-refractivity contribution < 1.29 is 14.7 Å². The highest BCUT2D eigenvalue weighted by Crippen LogP contribution is 2.37. The van der Waals surface area contributed by atoms with Gasteiger partial charge in [0, 0.05) is 12.1 Å². The van der Waals surface area contributed by atoms with Crippen LogP contribution >= 0.6 is 11.6 Å². The van der Waals surface area contributed by atoms with Crippen LogP contribution in [-0.2, 0) is 9.59 Å². The Morgan fingerprint density at radius 1 is 1.56 bits per heavy atom. The van der Waals surface area contributed by atoms with E-state index in [2.05, 4.69) is 5.32 Å². The topological polar surface area (TPSA) is 69.6 Å². The Kier molecular flexibility index (Phi) is 3.17. The third-order valence-electron chi connectivity index (χ3n) is 3.06. The lowest BCUT2D eigenvalue weighted by Gasteiger charge is -2.33. The van der Waals surface area contributed by atoms with Crippen molar-refractivity contribution in [1.82, 2.24) is 0 Å². The standard InChI is InChI=1S/C12H13ClN2O3/c1-6-7(13)3-4-9-11(6)14-8(5-10(16)17)12(18)15(9)2/h3-4,8,14H,5H2,1-2H3,(H,16,17). The lowest BCUT2D eigenvalue weighted by atomic mass is 10.0. The Bertz CT molecular complexity index is 530. The monoisotopic (exact) mass is 268 g/mol. The van der Waals surface area contributed by atoms with Gasteiger partial charge in [-0.1, -0.05) is 11.6 Å². The Hall–Kier alpha value is -1.75. The maximum atomic E-state index is 12.0. The number of nitrogens with zero attached hydrogens (tertiary/aromatic N) is 1. The van der Waals surface area contributed by atoms with Gasteiger partial charge in [0.05, 0.1) is 17.8 Å². The summed E-state index contributed by atoms with van der Waals surface area (Å²) in [5.74, 6) is -1.27. The fraction of sp³-hybridized carbons (Fsp3) is 0.333. The van der Waals surface area contributed by atoms with E-state index in [1.807, 2.05) is 6.92 Å². The summed E-state index contributed by atoms with van der Waals surface area (Å²) in [6, 6.07) is 2.71. The number of halogens is 1. The molecule has 18 heavy (non-hydrogen) atoms. The van der Waals surface area contributed by atoms with Gasteiger partial charge in [-0.3, -0.25) is 9.59 Å². The number of carboxylic acids is 1. The number of benzene rings is 1. The molecule has 0 aliphatic carbocycles. The number of carbonyl (C=O) groups excluding carboxylic acids is 1. The van der Waals surface area contributed by atoms with Crippen LogP contribution in [0.4, 0.5) is 11.4 Å². The van der Waals surface area contributed by atoms with Gasteiger partial charge in [-0.15, -0.1) is 0 Å². The van der Waals surface area contributed by atoms with Crippen molar-refractivity contribution in [2.45, 2.75) is 19.4 Å². The molecular weight excluding hydrogens is 256 g/mol. The van der Waals surface area contributed by atoms with E-state index in [9.17, 15) is 9.59 Å². The largest absolute Gasteiger partial charge is 0.481 e. The Morgan fingerprint density at radius 2 is 2.22 bits per heavy atom. The van der Waals surface area contributed by atoms with Crippen LogP contribution in [0.3, 0.4) is 0 Å². The third-order valence-corrected chi connectivity index (χ3v) is 3.47. The van der Waals surface area contributed by atoms with Gasteiger partial charge in [0.25, 0.3) is 0 Å². The summed E-state index contributed by atoms with van der Waals surface area (Å²) in [4.78, 5) is 24.2. The fourth-order valence-corrected chi connectivity index (χ4v) is 2.19. The predicted octanol–water partition coefficient (Wildman–Crippen LogP) is 1.88. The summed E-state index contributed by atoms with van der Waals surface area (Å²) in [7, 11) is 1.63. The van der Waals surface area contributed by atoms with E-state index in [0.29, 0.717) is 10.7 Å². The molecule has 1 aliphatic heterocycles. The molecule has 1 aliphatic rings. The highest BCUT2D eigenvalue weighted by Gasteiger charge is 2.32. The molecule has 2 rings (SSSR count). The van der Waals surface area contributed by atoms with Crippen molar-refractivity contribution >= 4 is 34.9 Å². The zero-order valence-electron chi connectivity index (χ0n) is 10.0. The lowest BCUT2D eigenvalue weighted by molar-refractivity contribution is -0.138. The summed E-state index contributed by atoms with van der Waals surface area (Å²) in [5, 5.41) is 12.3. The molecule has 1 atom stereocenters. The molecule has 1 amide bonds. The smallest absolute Gasteiger partial charge is 0.305 e. The predicted molar refractivity (Wildman–Crippen MR) is 69.3 cm³/mol. The summed E-state index contributed by atoms with van der Waals surface area (Å²) in [5.41, 5.74) is 2.24. The average molecular weight is 269 g/mol. The first-order valence-electron chi connectivity index (χ1n) is 5.47. The van der Waals surface area contributed by atoms with Gasteiger partial charge in [-0.05, 0) is 24.6 Å². The van der Waals surface area contributed by atoms with Gasteiger partial charge >= 0.3 is 5.97 Å². The van der Waals surface area contributed by atoms with Gasteiger partial charge < -0.3 is 15.3 Å². The summed E-state index contributed by atoms with van der Waals surface area (Å²) >= 11 is 6.02. The van der Waals surface area contributed by atoms with Gasteiger partial charge in [0.1, 0.15) is 6.04 Å². The normalized spacial score (nSPS) is 18.3. The Morgan fingerprint density at radius 3 is 2.83 bits per heavy atom. The number of hydrogen-bond donors (Lipinski definition) is 2. The minimum absolute atomic E-state index is 0.255. The van der Waals surface area contributed by atoms with Crippen molar-refractivity contribution in [3.63, 3.8) is 0 Å². The molecule has 0 aromatic heterocycles. The molecule has 0 spiro atoms. The number of carbonyl (C=O) groups is 2. The molecule has 0 saturated heterocycles. The van der Waals surface area contributed by atoms with Crippen molar-refractivity contribution in [1.29, 1.82) is 0 Å². The maximum Gasteiger partial charge on any atom is 0.305 e. The van der Waals surface area contributed by atoms with E-state index in [1.54, 1.807) is 19.2 Å². The second-order valence-corrected chi connectivity index (χ2v) is 4.67. The molecule has 6 heteroatoms. The van der Waals surface area contributed by atoms with Crippen molar-refractivity contribution in [2.75, 3.05) is 17.3 Å². The summed E-state index contributed by atoms with van der Waals surface area (Å²) < 4.78 is 0. The first kappa shape index (κ1) is 12.7. The average Bonchev–Trinajstić information content (AvgIpc) is 2.30. The van der Waals surface area contributed by atoms with Crippen LogP contribution in [-0.4, -0.2) is 30.1 Å². The zero-order valence-corrected chi connectivity index (χ0v) is 10.8. The van der Waals surface area contributed by atoms with E-state index in [-0.39, 0.29) is 12.3 Å². The molecular formula is C12H13ClN2O3. The Balaban J connectivity index is 2.45. The van der Waals surface area contributed by atoms with Crippen LogP contribution in [0.1, 0.15) is 12.0 Å². The quantitative estimate of drug-likeness (QED) is 0.859. The van der Waals surface area contributed by atoms with Crippen molar-refractivity contribution in [2.24, 2.45) is 0 Å². The molecule has 1 heterocycles. The highest BCUT2D eigenvalue weighted by atomic mass is 35.5. The molecule has 2 N–H and O–H groups in total. The van der Waals surface area contributed by atoms with Crippen LogP contribution in [0, 0.1) is 6.92 Å². The van der Waals surface area contributed by atoms with Gasteiger partial charge in [-0.2, -0.15) is 0 Å². The van der Waals surface area contributed by atoms with E-state index in [4.69, 9.17) is 16.7 Å². The summed E-state index contributed by atoms with van der Waals surface area (Å²) in [6.45, 7) is 1.83. The van der Waals surface area contributed by atoms with Crippen LogP contribution in [0.5, 0.6) is 0 Å². The second-order valence-electron chi connectivity index (χ2n) is 4.26. The lowest BCUT2D eigenvalue weighted by Crippen LogP contribution is -2.46. The maximum absolute atomic E-state index is 12.0. The van der Waals surface area contributed by atoms with E-state index >= 15 is 0 Å². The number of fused-ring (bicyclic) bond motifs is 1. The zero-order chi connectivity index (χ0) is 13.4. The third kappa shape index (κ3) is 2.01. The molecule has 1 aromatic carbocycles. The Labute approximate surface area is 109 Å². The number of aliphatic carboxylic acids is 1. The van der Waals surface area contributed by atoms with Gasteiger partial charge in [0.15, 0.2) is 0 Å². The minimum atomic E-state index is -1.02.